The highest BCUT2D eigenvalue weighted by Crippen LogP contribution is 2.34. The van der Waals surface area contributed by atoms with Crippen LogP contribution in [0.3, 0.4) is 0 Å². The molecule has 4 heteroatoms. The molecule has 0 atom stereocenters. The third-order valence-corrected chi connectivity index (χ3v) is 4.53. The van der Waals surface area contributed by atoms with Crippen LogP contribution in [0.5, 0.6) is 0 Å². The van der Waals surface area contributed by atoms with Crippen molar-refractivity contribution >= 4 is 17.2 Å². The number of carbonyl (C=O) groups is 1. The fraction of sp³-hybridized carbons (Fsp3) is 0.692. The van der Waals surface area contributed by atoms with Crippen LogP contribution < -0.4 is 0 Å². The number of thiazole rings is 1. The van der Waals surface area contributed by atoms with Gasteiger partial charge in [-0.15, -0.1) is 11.3 Å². The third kappa shape index (κ3) is 2.51. The van der Waals surface area contributed by atoms with Gasteiger partial charge in [0.05, 0.1) is 6.54 Å². The minimum absolute atomic E-state index is 0.301. The highest BCUT2D eigenvalue weighted by atomic mass is 32.1. The molecule has 2 fully saturated rings. The fourth-order valence-corrected chi connectivity index (χ4v) is 3.27. The van der Waals surface area contributed by atoms with Crippen LogP contribution in [0.4, 0.5) is 0 Å². The summed E-state index contributed by atoms with van der Waals surface area (Å²) >= 11 is 1.65. The van der Waals surface area contributed by atoms with Gasteiger partial charge in [-0.2, -0.15) is 0 Å². The van der Waals surface area contributed by atoms with Crippen LogP contribution in [0, 0.1) is 5.92 Å². The molecule has 1 heterocycles. The Labute approximate surface area is 106 Å². The van der Waals surface area contributed by atoms with Crippen molar-refractivity contribution in [1.82, 2.24) is 9.88 Å². The molecule has 1 aromatic heterocycles. The van der Waals surface area contributed by atoms with Gasteiger partial charge in [-0.1, -0.05) is 12.8 Å². The average molecular weight is 250 g/mol. The summed E-state index contributed by atoms with van der Waals surface area (Å²) in [6.07, 6.45) is 8.84. The highest BCUT2D eigenvalue weighted by molar-refractivity contribution is 7.09. The fourth-order valence-electron chi connectivity index (χ4n) is 2.66. The van der Waals surface area contributed by atoms with E-state index in [0.717, 1.165) is 24.4 Å². The van der Waals surface area contributed by atoms with Crippen molar-refractivity contribution in [2.45, 2.75) is 51.1 Å². The molecule has 1 aromatic rings. The van der Waals surface area contributed by atoms with Crippen molar-refractivity contribution in [3.63, 3.8) is 0 Å². The molecule has 0 aromatic carbocycles. The first-order valence-electron chi connectivity index (χ1n) is 6.53. The normalized spacial score (nSPS) is 20.7. The maximum absolute atomic E-state index is 12.5. The van der Waals surface area contributed by atoms with Crippen molar-refractivity contribution in [2.75, 3.05) is 0 Å². The summed E-state index contributed by atoms with van der Waals surface area (Å²) in [5.41, 5.74) is 0. The number of aromatic nitrogens is 1. The van der Waals surface area contributed by atoms with E-state index in [-0.39, 0.29) is 0 Å². The van der Waals surface area contributed by atoms with E-state index in [0.29, 0.717) is 17.9 Å². The molecule has 0 saturated heterocycles. The Morgan fingerprint density at radius 3 is 2.71 bits per heavy atom. The standard InChI is InChI=1S/C13H18N2OS/c16-13(10-3-1-2-4-10)15(11-5-6-11)9-12-14-7-8-17-12/h7-8,10-11H,1-6,9H2. The molecule has 3 rings (SSSR count). The Hall–Kier alpha value is -0.900. The van der Waals surface area contributed by atoms with Gasteiger partial charge < -0.3 is 4.90 Å². The molecule has 0 aliphatic heterocycles. The monoisotopic (exact) mass is 250 g/mol. The van der Waals surface area contributed by atoms with E-state index >= 15 is 0 Å². The maximum atomic E-state index is 12.5. The SMILES string of the molecule is O=C(C1CCCC1)N(Cc1nccs1)C1CC1. The summed E-state index contributed by atoms with van der Waals surface area (Å²) in [4.78, 5) is 18.8. The van der Waals surface area contributed by atoms with Crippen LogP contribution in [0.1, 0.15) is 43.5 Å². The minimum atomic E-state index is 0.301. The minimum Gasteiger partial charge on any atom is -0.333 e. The van der Waals surface area contributed by atoms with Crippen molar-refractivity contribution in [2.24, 2.45) is 5.92 Å². The van der Waals surface area contributed by atoms with Crippen LogP contribution in [-0.4, -0.2) is 21.8 Å². The molecule has 92 valence electrons. The Morgan fingerprint density at radius 1 is 1.35 bits per heavy atom. The molecule has 0 bridgehead atoms. The lowest BCUT2D eigenvalue weighted by Crippen LogP contribution is -2.36. The molecule has 0 unspecified atom stereocenters. The van der Waals surface area contributed by atoms with Crippen LogP contribution in [0.15, 0.2) is 11.6 Å². The summed E-state index contributed by atoms with van der Waals surface area (Å²) in [6, 6.07) is 0.506. The summed E-state index contributed by atoms with van der Waals surface area (Å²) in [5.74, 6) is 0.691. The van der Waals surface area contributed by atoms with Gasteiger partial charge in [-0.05, 0) is 25.7 Å². The molecule has 2 aliphatic carbocycles. The van der Waals surface area contributed by atoms with E-state index in [2.05, 4.69) is 9.88 Å². The van der Waals surface area contributed by atoms with Gasteiger partial charge in [-0.25, -0.2) is 4.98 Å². The Kier molecular flexibility index (Phi) is 3.14. The highest BCUT2D eigenvalue weighted by Gasteiger charge is 2.36. The molecule has 17 heavy (non-hydrogen) atoms. The second kappa shape index (κ2) is 4.77. The topological polar surface area (TPSA) is 33.2 Å². The van der Waals surface area contributed by atoms with Gasteiger partial charge >= 0.3 is 0 Å². The van der Waals surface area contributed by atoms with E-state index in [1.807, 2.05) is 11.6 Å². The van der Waals surface area contributed by atoms with E-state index < -0.39 is 0 Å². The molecule has 0 spiro atoms. The van der Waals surface area contributed by atoms with E-state index in [1.54, 1.807) is 11.3 Å². The first kappa shape index (κ1) is 11.2. The summed E-state index contributed by atoms with van der Waals surface area (Å²) in [6.45, 7) is 0.734. The first-order valence-corrected chi connectivity index (χ1v) is 7.41. The van der Waals surface area contributed by atoms with Gasteiger partial charge in [-0.3, -0.25) is 4.79 Å². The van der Waals surface area contributed by atoms with E-state index in [4.69, 9.17) is 0 Å². The number of hydrogen-bond acceptors (Lipinski definition) is 3. The molecule has 0 radical (unpaired) electrons. The zero-order valence-electron chi connectivity index (χ0n) is 9.97. The largest absolute Gasteiger partial charge is 0.333 e. The predicted octanol–water partition coefficient (Wildman–Crippen LogP) is 2.82. The zero-order chi connectivity index (χ0) is 11.7. The molecule has 0 N–H and O–H groups in total. The maximum Gasteiger partial charge on any atom is 0.226 e. The second-order valence-corrected chi connectivity index (χ2v) is 6.08. The van der Waals surface area contributed by atoms with Crippen LogP contribution >= 0.6 is 11.3 Å². The van der Waals surface area contributed by atoms with Crippen molar-refractivity contribution in [1.29, 1.82) is 0 Å². The summed E-state index contributed by atoms with van der Waals surface area (Å²) in [7, 11) is 0. The van der Waals surface area contributed by atoms with Crippen LogP contribution in [0.2, 0.25) is 0 Å². The summed E-state index contributed by atoms with van der Waals surface area (Å²) in [5, 5.41) is 3.06. The summed E-state index contributed by atoms with van der Waals surface area (Å²) < 4.78 is 0. The smallest absolute Gasteiger partial charge is 0.226 e. The van der Waals surface area contributed by atoms with Gasteiger partial charge in [0, 0.05) is 23.5 Å². The lowest BCUT2D eigenvalue weighted by Gasteiger charge is -2.24. The molecular formula is C13H18N2OS. The van der Waals surface area contributed by atoms with Gasteiger partial charge in [0.2, 0.25) is 5.91 Å². The molecule has 3 nitrogen and oxygen atoms in total. The van der Waals surface area contributed by atoms with E-state index in [1.165, 1.54) is 25.7 Å². The number of amides is 1. The quantitative estimate of drug-likeness (QED) is 0.823. The second-order valence-electron chi connectivity index (χ2n) is 5.10. The Morgan fingerprint density at radius 2 is 2.12 bits per heavy atom. The molecule has 2 aliphatic rings. The average Bonchev–Trinajstić information content (AvgIpc) is 2.86. The zero-order valence-corrected chi connectivity index (χ0v) is 10.8. The van der Waals surface area contributed by atoms with Gasteiger partial charge in [0.25, 0.3) is 0 Å². The Bertz CT molecular complexity index is 380. The Balaban J connectivity index is 1.68. The van der Waals surface area contributed by atoms with Crippen LogP contribution in [-0.2, 0) is 11.3 Å². The van der Waals surface area contributed by atoms with E-state index in [9.17, 15) is 4.79 Å². The first-order chi connectivity index (χ1) is 8.34. The van der Waals surface area contributed by atoms with Crippen LogP contribution in [0.25, 0.3) is 0 Å². The van der Waals surface area contributed by atoms with Gasteiger partial charge in [0.15, 0.2) is 0 Å². The third-order valence-electron chi connectivity index (χ3n) is 3.76. The molecule has 1 amide bonds. The van der Waals surface area contributed by atoms with Crippen molar-refractivity contribution in [3.05, 3.63) is 16.6 Å². The molecule has 2 saturated carbocycles. The number of rotatable bonds is 4. The predicted molar refractivity (Wildman–Crippen MR) is 67.6 cm³/mol. The molecular weight excluding hydrogens is 232 g/mol. The van der Waals surface area contributed by atoms with Gasteiger partial charge in [0.1, 0.15) is 5.01 Å². The number of hydrogen-bond donors (Lipinski definition) is 0. The number of nitrogens with zero attached hydrogens (tertiary/aromatic N) is 2. The number of carbonyl (C=O) groups excluding carboxylic acids is 1. The lowest BCUT2D eigenvalue weighted by atomic mass is 10.1. The lowest BCUT2D eigenvalue weighted by molar-refractivity contribution is -0.136. The van der Waals surface area contributed by atoms with Crippen molar-refractivity contribution in [3.8, 4) is 0 Å². The van der Waals surface area contributed by atoms with Crippen molar-refractivity contribution < 1.29 is 4.79 Å².